The summed E-state index contributed by atoms with van der Waals surface area (Å²) >= 11 is 0. The molecule has 1 fully saturated rings. The van der Waals surface area contributed by atoms with Crippen LogP contribution in [0.15, 0.2) is 12.3 Å². The maximum Gasteiger partial charge on any atom is 0.352 e. The highest BCUT2D eigenvalue weighted by Gasteiger charge is 2.28. The van der Waals surface area contributed by atoms with Crippen LogP contribution in [0.2, 0.25) is 0 Å². The molecule has 74 valence electrons. The predicted octanol–water partition coefficient (Wildman–Crippen LogP) is 1.11. The first-order valence-corrected chi connectivity index (χ1v) is 4.24. The minimum absolute atomic E-state index is 0.104. The highest BCUT2D eigenvalue weighted by molar-refractivity contribution is 5.61. The number of aromatic nitrogens is 1. The molecule has 2 N–H and O–H groups in total. The van der Waals surface area contributed by atoms with Gasteiger partial charge in [-0.05, 0) is 12.8 Å². The number of nitro groups is 1. The molecule has 14 heavy (non-hydrogen) atoms. The predicted molar refractivity (Wildman–Crippen MR) is 49.0 cm³/mol. The zero-order valence-corrected chi connectivity index (χ0v) is 7.34. The SMILES string of the molecule is Nc1nccc(OC2CC2)c1[N+](=O)[O-]. The van der Waals surface area contributed by atoms with Crippen LogP contribution in [0.3, 0.4) is 0 Å². The van der Waals surface area contributed by atoms with Crippen LogP contribution in [0.25, 0.3) is 0 Å². The summed E-state index contributed by atoms with van der Waals surface area (Å²) in [6.45, 7) is 0. The lowest BCUT2D eigenvalue weighted by Crippen LogP contribution is -2.04. The summed E-state index contributed by atoms with van der Waals surface area (Å²) in [4.78, 5) is 13.7. The van der Waals surface area contributed by atoms with Crippen molar-refractivity contribution in [3.8, 4) is 5.75 Å². The number of nitrogen functional groups attached to an aromatic ring is 1. The highest BCUT2D eigenvalue weighted by atomic mass is 16.6. The maximum atomic E-state index is 10.7. The van der Waals surface area contributed by atoms with E-state index in [1.165, 1.54) is 12.3 Å². The molecule has 1 aliphatic carbocycles. The first-order valence-electron chi connectivity index (χ1n) is 4.24. The van der Waals surface area contributed by atoms with Crippen molar-refractivity contribution >= 4 is 11.5 Å². The van der Waals surface area contributed by atoms with Crippen LogP contribution in [-0.2, 0) is 0 Å². The summed E-state index contributed by atoms with van der Waals surface area (Å²) in [5, 5.41) is 10.7. The van der Waals surface area contributed by atoms with Gasteiger partial charge < -0.3 is 10.5 Å². The molecule has 0 saturated heterocycles. The number of ether oxygens (including phenoxy) is 1. The number of anilines is 1. The van der Waals surface area contributed by atoms with Gasteiger partial charge in [-0.1, -0.05) is 0 Å². The Morgan fingerprint density at radius 3 is 2.93 bits per heavy atom. The second-order valence-electron chi connectivity index (χ2n) is 3.12. The van der Waals surface area contributed by atoms with E-state index in [1.807, 2.05) is 0 Å². The van der Waals surface area contributed by atoms with Gasteiger partial charge in [-0.25, -0.2) is 4.98 Å². The Balaban J connectivity index is 2.35. The number of nitrogens with two attached hydrogens (primary N) is 1. The molecule has 0 bridgehead atoms. The van der Waals surface area contributed by atoms with Crippen LogP contribution < -0.4 is 10.5 Å². The van der Waals surface area contributed by atoms with Crippen LogP contribution in [-0.4, -0.2) is 16.0 Å². The van der Waals surface area contributed by atoms with Gasteiger partial charge in [-0.15, -0.1) is 0 Å². The summed E-state index contributed by atoms with van der Waals surface area (Å²) in [6.07, 6.45) is 3.40. The van der Waals surface area contributed by atoms with Crippen LogP contribution >= 0.6 is 0 Å². The Morgan fingerprint density at radius 2 is 2.36 bits per heavy atom. The molecule has 0 unspecified atom stereocenters. The first-order chi connectivity index (χ1) is 6.68. The summed E-state index contributed by atoms with van der Waals surface area (Å²) in [7, 11) is 0. The molecule has 0 amide bonds. The largest absolute Gasteiger partial charge is 0.483 e. The summed E-state index contributed by atoms with van der Waals surface area (Å²) in [5.74, 6) is 0.109. The van der Waals surface area contributed by atoms with Gasteiger partial charge in [0.25, 0.3) is 0 Å². The third-order valence-electron chi connectivity index (χ3n) is 1.92. The van der Waals surface area contributed by atoms with Crippen molar-refractivity contribution in [2.45, 2.75) is 18.9 Å². The van der Waals surface area contributed by atoms with E-state index in [-0.39, 0.29) is 23.4 Å². The maximum absolute atomic E-state index is 10.7. The quantitative estimate of drug-likeness (QED) is 0.576. The lowest BCUT2D eigenvalue weighted by molar-refractivity contribution is -0.385. The fourth-order valence-electron chi connectivity index (χ4n) is 1.10. The minimum atomic E-state index is -0.569. The molecule has 1 aromatic heterocycles. The Labute approximate surface area is 79.8 Å². The molecule has 0 aliphatic heterocycles. The number of hydrogen-bond acceptors (Lipinski definition) is 5. The third kappa shape index (κ3) is 1.59. The Bertz CT molecular complexity index is 376. The van der Waals surface area contributed by atoms with E-state index in [4.69, 9.17) is 10.5 Å². The summed E-state index contributed by atoms with van der Waals surface area (Å²) in [5.41, 5.74) is 5.15. The Kier molecular flexibility index (Phi) is 1.95. The highest BCUT2D eigenvalue weighted by Crippen LogP contribution is 2.35. The molecule has 6 heteroatoms. The van der Waals surface area contributed by atoms with E-state index in [1.54, 1.807) is 0 Å². The molecular formula is C8H9N3O3. The van der Waals surface area contributed by atoms with E-state index >= 15 is 0 Å². The molecule has 1 saturated carbocycles. The molecule has 0 radical (unpaired) electrons. The molecule has 0 atom stereocenters. The zero-order valence-electron chi connectivity index (χ0n) is 7.34. The van der Waals surface area contributed by atoms with Crippen LogP contribution in [0.1, 0.15) is 12.8 Å². The summed E-state index contributed by atoms with van der Waals surface area (Å²) in [6, 6.07) is 1.47. The topological polar surface area (TPSA) is 91.3 Å². The molecule has 1 aromatic rings. The standard InChI is InChI=1S/C8H9N3O3/c9-8-7(11(12)13)6(3-4-10-8)14-5-1-2-5/h3-5H,1-2H2,(H2,9,10). The van der Waals surface area contributed by atoms with Gasteiger partial charge in [-0.2, -0.15) is 0 Å². The number of hydrogen-bond donors (Lipinski definition) is 1. The van der Waals surface area contributed by atoms with E-state index in [0.717, 1.165) is 12.8 Å². The second-order valence-corrected chi connectivity index (χ2v) is 3.12. The average molecular weight is 195 g/mol. The van der Waals surface area contributed by atoms with Crippen molar-refractivity contribution in [2.24, 2.45) is 0 Å². The van der Waals surface area contributed by atoms with E-state index in [0.29, 0.717) is 0 Å². The fourth-order valence-corrected chi connectivity index (χ4v) is 1.10. The van der Waals surface area contributed by atoms with Gasteiger partial charge in [0, 0.05) is 12.3 Å². The van der Waals surface area contributed by atoms with Gasteiger partial charge in [-0.3, -0.25) is 10.1 Å². The van der Waals surface area contributed by atoms with Crippen LogP contribution in [0, 0.1) is 10.1 Å². The van der Waals surface area contributed by atoms with Gasteiger partial charge in [0.2, 0.25) is 11.6 Å². The number of nitrogens with zero attached hydrogens (tertiary/aromatic N) is 2. The van der Waals surface area contributed by atoms with Gasteiger partial charge >= 0.3 is 5.69 Å². The van der Waals surface area contributed by atoms with E-state index in [9.17, 15) is 10.1 Å². The lowest BCUT2D eigenvalue weighted by atomic mass is 10.3. The molecule has 2 rings (SSSR count). The molecule has 0 aromatic carbocycles. The molecule has 6 nitrogen and oxygen atoms in total. The van der Waals surface area contributed by atoms with Crippen LogP contribution in [0.4, 0.5) is 11.5 Å². The lowest BCUT2D eigenvalue weighted by Gasteiger charge is -2.05. The van der Waals surface area contributed by atoms with Gasteiger partial charge in [0.05, 0.1) is 11.0 Å². The number of rotatable bonds is 3. The third-order valence-corrected chi connectivity index (χ3v) is 1.92. The monoisotopic (exact) mass is 195 g/mol. The smallest absolute Gasteiger partial charge is 0.352 e. The number of pyridine rings is 1. The van der Waals surface area contributed by atoms with Crippen molar-refractivity contribution < 1.29 is 9.66 Å². The normalized spacial score (nSPS) is 15.1. The van der Waals surface area contributed by atoms with Gasteiger partial charge in [0.15, 0.2) is 0 Å². The van der Waals surface area contributed by atoms with Crippen molar-refractivity contribution in [1.29, 1.82) is 0 Å². The van der Waals surface area contributed by atoms with Crippen molar-refractivity contribution in [3.63, 3.8) is 0 Å². The molecule has 1 heterocycles. The second kappa shape index (κ2) is 3.13. The van der Waals surface area contributed by atoms with Crippen molar-refractivity contribution in [2.75, 3.05) is 5.73 Å². The molecular weight excluding hydrogens is 186 g/mol. The van der Waals surface area contributed by atoms with Crippen molar-refractivity contribution in [3.05, 3.63) is 22.4 Å². The van der Waals surface area contributed by atoms with Crippen molar-refractivity contribution in [1.82, 2.24) is 4.98 Å². The fraction of sp³-hybridized carbons (Fsp3) is 0.375. The van der Waals surface area contributed by atoms with E-state index < -0.39 is 4.92 Å². The summed E-state index contributed by atoms with van der Waals surface area (Å²) < 4.78 is 5.34. The Hall–Kier alpha value is -1.85. The average Bonchev–Trinajstić information content (AvgIpc) is 2.87. The zero-order chi connectivity index (χ0) is 10.1. The minimum Gasteiger partial charge on any atom is -0.483 e. The van der Waals surface area contributed by atoms with Gasteiger partial charge in [0.1, 0.15) is 0 Å². The molecule has 1 aliphatic rings. The first kappa shape index (κ1) is 8.74. The Morgan fingerprint density at radius 1 is 1.64 bits per heavy atom. The van der Waals surface area contributed by atoms with E-state index in [2.05, 4.69) is 4.98 Å². The van der Waals surface area contributed by atoms with Crippen LogP contribution in [0.5, 0.6) is 5.75 Å². The molecule has 0 spiro atoms.